The van der Waals surface area contributed by atoms with Crippen molar-refractivity contribution >= 4 is 34.2 Å². The molecule has 0 N–H and O–H groups in total. The summed E-state index contributed by atoms with van der Waals surface area (Å²) < 4.78 is 25.6. The first-order valence-corrected chi connectivity index (χ1v) is 13.2. The Morgan fingerprint density at radius 2 is 0.812 bits per heavy atom. The number of hydrogen-bond donors (Lipinski definition) is 0. The molecule has 0 heterocycles. The van der Waals surface area contributed by atoms with Crippen molar-refractivity contribution in [3.8, 4) is 0 Å². The number of nitro benzene ring substituents is 1. The smallest absolute Gasteiger partial charge is 0.269 e. The normalized spacial score (nSPS) is 10.9. The zero-order chi connectivity index (χ0) is 23.0. The maximum atomic E-state index is 11.2. The lowest BCUT2D eigenvalue weighted by molar-refractivity contribution is -1.73. The third-order valence-corrected chi connectivity index (χ3v) is 9.17. The van der Waals surface area contributed by atoms with Crippen LogP contribution in [-0.4, -0.2) is 4.92 Å². The first kappa shape index (κ1) is 23.7. The molecule has 0 aliphatic carbocycles. The van der Waals surface area contributed by atoms with Crippen LogP contribution in [0.5, 0.6) is 0 Å². The van der Waals surface area contributed by atoms with E-state index in [9.17, 15) is 10.1 Å². The Morgan fingerprint density at radius 3 is 1.09 bits per heavy atom. The molecule has 0 radical (unpaired) electrons. The maximum Gasteiger partial charge on any atom is 0.269 e. The summed E-state index contributed by atoms with van der Waals surface area (Å²) in [6.45, 7) is 0. The van der Waals surface area contributed by atoms with Crippen molar-refractivity contribution < 1.29 is 32.3 Å². The summed E-state index contributed by atoms with van der Waals surface area (Å²) in [6, 6.07) is 38.4. The van der Waals surface area contributed by atoms with Crippen molar-refractivity contribution in [3.63, 3.8) is 0 Å². The zero-order valence-electron chi connectivity index (χ0n) is 16.8. The van der Waals surface area contributed by atoms with Gasteiger partial charge in [0.1, 0.15) is 28.5 Å². The van der Waals surface area contributed by atoms with Gasteiger partial charge in [-0.3, -0.25) is 10.1 Å². The van der Waals surface area contributed by atoms with Crippen molar-refractivity contribution in [2.75, 3.05) is 0 Å². The number of hydrogen-bond acceptors (Lipinski definition) is 5. The van der Waals surface area contributed by atoms with Gasteiger partial charge in [-0.25, -0.2) is 0 Å². The topological polar surface area (TPSA) is 112 Å². The molecule has 0 aromatic heterocycles. The molecule has 4 aromatic rings. The molecule has 0 saturated carbocycles. The summed E-state index contributed by atoms with van der Waals surface area (Å²) in [5.74, 6) is 0. The van der Waals surface area contributed by atoms with Gasteiger partial charge in [0.05, 0.1) is 4.92 Å². The average Bonchev–Trinajstić information content (AvgIpc) is 2.82. The van der Waals surface area contributed by atoms with E-state index in [0.29, 0.717) is 0 Å². The van der Waals surface area contributed by atoms with Crippen molar-refractivity contribution in [1.29, 1.82) is 0 Å². The fraction of sp³-hybridized carbons (Fsp3) is 0. The second kappa shape index (κ2) is 11.1. The zero-order valence-corrected chi connectivity index (χ0v) is 19.3. The summed E-state index contributed by atoms with van der Waals surface area (Å²) in [5.41, 5.74) is 0.107. The van der Waals surface area contributed by atoms with Gasteiger partial charge in [-0.15, -0.1) is 0 Å². The summed E-state index contributed by atoms with van der Waals surface area (Å²) >= 11 is -3.65. The average molecular weight is 512 g/mol. The van der Waals surface area contributed by atoms with Crippen LogP contribution in [0.1, 0.15) is 0 Å². The van der Waals surface area contributed by atoms with E-state index < -0.39 is 22.1 Å². The van der Waals surface area contributed by atoms with Crippen LogP contribution in [0.2, 0.25) is 0 Å². The first-order valence-electron chi connectivity index (χ1n) is 9.50. The Balaban J connectivity index is 0.000000668. The standard InChI is InChI=1S/C24H19NO2P.BrO3/c26-25(27)20-16-18-24(19-17-20)28(21-10-4-1-5-11-21,22-12-6-2-7-13-22)23-14-8-3-9-15-23;2-1(3)4/h1-19H;/q+1;-1. The SMILES string of the molecule is O=[N+]([O-])c1ccc([P+](c2ccccc2)(c2ccccc2)c2ccccc2)cc1.[O-][Br+2]([O-])[O-]. The second-order valence-electron chi connectivity index (χ2n) is 6.64. The van der Waals surface area contributed by atoms with Crippen LogP contribution >= 0.6 is 7.26 Å². The van der Waals surface area contributed by atoms with Crippen LogP contribution in [0.3, 0.4) is 0 Å². The van der Waals surface area contributed by atoms with E-state index in [1.54, 1.807) is 12.1 Å². The van der Waals surface area contributed by atoms with Gasteiger partial charge >= 0.3 is 0 Å². The van der Waals surface area contributed by atoms with Crippen molar-refractivity contribution in [2.24, 2.45) is 0 Å². The molecule has 0 saturated heterocycles. The maximum absolute atomic E-state index is 11.2. The van der Waals surface area contributed by atoms with Gasteiger partial charge in [0.25, 0.3) is 5.69 Å². The predicted molar refractivity (Wildman–Crippen MR) is 118 cm³/mol. The molecule has 8 heteroatoms. The molecule has 0 fully saturated rings. The summed E-state index contributed by atoms with van der Waals surface area (Å²) in [4.78, 5) is 10.8. The lowest BCUT2D eigenvalue weighted by Gasteiger charge is -2.27. The monoisotopic (exact) mass is 511 g/mol. The molecule has 0 aliphatic heterocycles. The number of halogens is 1. The van der Waals surface area contributed by atoms with Gasteiger partial charge in [0.2, 0.25) is 14.8 Å². The lowest BCUT2D eigenvalue weighted by Crippen LogP contribution is -2.42. The largest absolute Gasteiger partial charge is 0.405 e. The molecular formula is C24H19BrNO5P. The molecule has 4 rings (SSSR count). The highest BCUT2D eigenvalue weighted by atomic mass is 80.0. The van der Waals surface area contributed by atoms with E-state index in [1.165, 1.54) is 15.9 Å². The second-order valence-corrected chi connectivity index (χ2v) is 10.8. The number of nitro groups is 1. The first-order chi connectivity index (χ1) is 15.5. The third-order valence-electron chi connectivity index (χ3n) is 4.88. The van der Waals surface area contributed by atoms with Gasteiger partial charge < -0.3 is 12.6 Å². The fourth-order valence-corrected chi connectivity index (χ4v) is 7.89. The molecule has 162 valence electrons. The minimum absolute atomic E-state index is 0.107. The van der Waals surface area contributed by atoms with Gasteiger partial charge in [0.15, 0.2) is 0 Å². The highest BCUT2D eigenvalue weighted by Gasteiger charge is 2.47. The van der Waals surface area contributed by atoms with Gasteiger partial charge in [-0.2, -0.15) is 0 Å². The molecule has 0 aliphatic rings. The summed E-state index contributed by atoms with van der Waals surface area (Å²) in [5, 5.41) is 16.0. The number of non-ortho nitro benzene ring substituents is 1. The molecule has 4 aromatic carbocycles. The van der Waals surface area contributed by atoms with E-state index in [4.69, 9.17) is 12.6 Å². The Hall–Kier alpha value is -2.93. The molecule has 0 bridgehead atoms. The minimum Gasteiger partial charge on any atom is -0.405 e. The van der Waals surface area contributed by atoms with Crippen LogP contribution in [0.15, 0.2) is 115 Å². The van der Waals surface area contributed by atoms with Crippen molar-refractivity contribution in [3.05, 3.63) is 125 Å². The Morgan fingerprint density at radius 1 is 0.531 bits per heavy atom. The van der Waals surface area contributed by atoms with E-state index in [0.717, 1.165) is 5.30 Å². The minimum atomic E-state index is -3.65. The molecule has 32 heavy (non-hydrogen) atoms. The van der Waals surface area contributed by atoms with Gasteiger partial charge in [0, 0.05) is 12.1 Å². The fourth-order valence-electron chi connectivity index (χ4n) is 3.65. The number of rotatable bonds is 5. The Kier molecular flexibility index (Phi) is 8.22. The van der Waals surface area contributed by atoms with E-state index in [2.05, 4.69) is 72.8 Å². The molecule has 0 atom stereocenters. The van der Waals surface area contributed by atoms with Gasteiger partial charge in [-0.1, -0.05) is 54.6 Å². The Labute approximate surface area is 191 Å². The van der Waals surface area contributed by atoms with Crippen LogP contribution < -0.4 is 33.8 Å². The van der Waals surface area contributed by atoms with Crippen molar-refractivity contribution in [1.82, 2.24) is 0 Å². The summed E-state index contributed by atoms with van der Waals surface area (Å²) in [6.07, 6.45) is 0. The highest BCUT2D eigenvalue weighted by Crippen LogP contribution is 2.54. The molecule has 0 spiro atoms. The van der Waals surface area contributed by atoms with Crippen LogP contribution in [-0.2, 0) is 0 Å². The van der Waals surface area contributed by atoms with Crippen LogP contribution in [0, 0.1) is 24.9 Å². The molecule has 6 nitrogen and oxygen atoms in total. The van der Waals surface area contributed by atoms with Crippen LogP contribution in [0.25, 0.3) is 0 Å². The Bertz CT molecular complexity index is 1030. The molecular weight excluding hydrogens is 493 g/mol. The highest BCUT2D eigenvalue weighted by molar-refractivity contribution is 8.01. The summed E-state index contributed by atoms with van der Waals surface area (Å²) in [7, 11) is -2.18. The molecule has 0 unspecified atom stereocenters. The molecule has 0 amide bonds. The van der Waals surface area contributed by atoms with E-state index in [-0.39, 0.29) is 10.6 Å². The quantitative estimate of drug-likeness (QED) is 0.222. The van der Waals surface area contributed by atoms with Crippen LogP contribution in [0.4, 0.5) is 5.69 Å². The predicted octanol–water partition coefficient (Wildman–Crippen LogP) is 0.647. The third kappa shape index (κ3) is 5.27. The number of nitrogens with zero attached hydrogens (tertiary/aromatic N) is 1. The van der Waals surface area contributed by atoms with Gasteiger partial charge in [-0.05, 0) is 48.5 Å². The van der Waals surface area contributed by atoms with Crippen molar-refractivity contribution in [2.45, 2.75) is 0 Å². The van der Waals surface area contributed by atoms with E-state index >= 15 is 0 Å². The number of benzene rings is 4. The van der Waals surface area contributed by atoms with E-state index in [1.807, 2.05) is 30.3 Å². The lowest BCUT2D eigenvalue weighted by atomic mass is 10.3.